The Morgan fingerprint density at radius 1 is 1.03 bits per heavy atom. The molecule has 7 nitrogen and oxygen atoms in total. The molecule has 4 amide bonds. The van der Waals surface area contributed by atoms with Gasteiger partial charge in [-0.3, -0.25) is 24.5 Å². The molecule has 2 N–H and O–H groups in total. The van der Waals surface area contributed by atoms with Crippen LogP contribution < -0.4 is 10.6 Å². The summed E-state index contributed by atoms with van der Waals surface area (Å²) in [5, 5.41) is -1.05. The summed E-state index contributed by atoms with van der Waals surface area (Å²) >= 11 is 5.71. The van der Waals surface area contributed by atoms with Gasteiger partial charge in [0.1, 0.15) is 15.7 Å². The standard InChI is InChI=1S/C22H12B6ClF2N3O4/c23-14(32-16(36)19(30,31)11-2-4-12(29)5-3-11)9-1-6-13-10(7-9)8-34(15(13)35)21(26)18(38)33-17(37)20(24,25)22(21,27)28/h1-7,14H,8H2,(H,32,36)(H,33,37,38)/t14?,21-/m1/s1. The Kier molecular flexibility index (Phi) is 6.70. The van der Waals surface area contributed by atoms with Crippen molar-refractivity contribution in [2.24, 2.45) is 0 Å². The molecule has 0 bridgehead atoms. The minimum atomic E-state index is -3.92. The number of halogens is 3. The van der Waals surface area contributed by atoms with E-state index in [0.717, 1.165) is 17.0 Å². The Balaban J connectivity index is 1.58. The Hall–Kier alpha value is -2.94. The first-order valence-corrected chi connectivity index (χ1v) is 11.3. The first-order valence-electron chi connectivity index (χ1n) is 10.9. The van der Waals surface area contributed by atoms with Crippen molar-refractivity contribution in [1.29, 1.82) is 0 Å². The second kappa shape index (κ2) is 9.07. The van der Waals surface area contributed by atoms with Gasteiger partial charge in [-0.25, -0.2) is 0 Å². The first-order chi connectivity index (χ1) is 17.5. The fraction of sp³-hybridized carbons (Fsp3) is 0.273. The molecule has 1 saturated heterocycles. The zero-order valence-corrected chi connectivity index (χ0v) is 20.3. The Labute approximate surface area is 229 Å². The van der Waals surface area contributed by atoms with Gasteiger partial charge in [-0.1, -0.05) is 41.1 Å². The van der Waals surface area contributed by atoms with Crippen LogP contribution in [-0.2, 0) is 26.9 Å². The molecule has 0 spiro atoms. The van der Waals surface area contributed by atoms with Crippen LogP contribution in [0.4, 0.5) is 8.78 Å². The molecule has 2 heterocycles. The summed E-state index contributed by atoms with van der Waals surface area (Å²) in [4.78, 5) is 51.2. The molecule has 1 fully saturated rings. The Morgan fingerprint density at radius 2 is 1.63 bits per heavy atom. The normalized spacial score (nSPS) is 22.9. The summed E-state index contributed by atoms with van der Waals surface area (Å²) in [6.07, 6.45) is 0. The molecule has 16 heteroatoms. The number of rotatable bonds is 5. The number of alkyl halides is 2. The maximum absolute atomic E-state index is 14.6. The van der Waals surface area contributed by atoms with Crippen molar-refractivity contribution in [3.63, 3.8) is 0 Å². The van der Waals surface area contributed by atoms with Crippen molar-refractivity contribution < 1.29 is 28.0 Å². The minimum Gasteiger partial charge on any atom is -0.352 e. The number of fused-ring (bicyclic) bond motifs is 1. The van der Waals surface area contributed by atoms with Crippen LogP contribution in [-0.4, -0.2) is 81.0 Å². The lowest BCUT2D eigenvalue weighted by molar-refractivity contribution is -0.147. The van der Waals surface area contributed by atoms with E-state index in [1.165, 1.54) is 30.3 Å². The van der Waals surface area contributed by atoms with Crippen LogP contribution in [0.25, 0.3) is 0 Å². The van der Waals surface area contributed by atoms with Crippen molar-refractivity contribution >= 4 is 82.3 Å². The predicted octanol–water partition coefficient (Wildman–Crippen LogP) is -0.201. The lowest BCUT2D eigenvalue weighted by Crippen LogP contribution is -2.75. The van der Waals surface area contributed by atoms with E-state index in [1.54, 1.807) is 0 Å². The van der Waals surface area contributed by atoms with E-state index in [9.17, 15) is 28.0 Å². The lowest BCUT2D eigenvalue weighted by Gasteiger charge is -2.60. The van der Waals surface area contributed by atoms with E-state index >= 15 is 0 Å². The molecule has 2 aromatic carbocycles. The fourth-order valence-corrected chi connectivity index (χ4v) is 4.39. The number of amides is 4. The fourth-order valence-electron chi connectivity index (χ4n) is 4.26. The van der Waals surface area contributed by atoms with E-state index in [4.69, 9.17) is 58.7 Å². The van der Waals surface area contributed by atoms with Crippen molar-refractivity contribution in [3.8, 4) is 0 Å². The summed E-state index contributed by atoms with van der Waals surface area (Å²) in [6.45, 7) is -0.367. The molecular weight excluding hydrogens is 509 g/mol. The van der Waals surface area contributed by atoms with Gasteiger partial charge < -0.3 is 10.2 Å². The zero-order chi connectivity index (χ0) is 28.4. The number of imide groups is 1. The largest absolute Gasteiger partial charge is 0.352 e. The summed E-state index contributed by atoms with van der Waals surface area (Å²) in [7, 11) is 35.7. The third kappa shape index (κ3) is 4.01. The molecule has 12 radical (unpaired) electrons. The molecule has 2 atom stereocenters. The van der Waals surface area contributed by atoms with Crippen molar-refractivity contribution in [2.45, 2.75) is 34.3 Å². The van der Waals surface area contributed by atoms with Crippen molar-refractivity contribution in [1.82, 2.24) is 15.5 Å². The summed E-state index contributed by atoms with van der Waals surface area (Å²) < 4.78 is 29.3. The molecule has 2 aliphatic rings. The van der Waals surface area contributed by atoms with Crippen LogP contribution in [0.5, 0.6) is 0 Å². The van der Waals surface area contributed by atoms with Gasteiger partial charge in [0.15, 0.2) is 0 Å². The monoisotopic (exact) mass is 521 g/mol. The molecule has 178 valence electrons. The van der Waals surface area contributed by atoms with Gasteiger partial charge in [0.05, 0.1) is 36.8 Å². The number of piperidine rings is 1. The van der Waals surface area contributed by atoms with Crippen LogP contribution in [0, 0.1) is 0 Å². The van der Waals surface area contributed by atoms with Crippen LogP contribution in [0.2, 0.25) is 15.5 Å². The molecule has 4 rings (SSSR count). The highest BCUT2D eigenvalue weighted by Gasteiger charge is 2.63. The maximum atomic E-state index is 14.6. The number of hydrogen-bond acceptors (Lipinski definition) is 4. The van der Waals surface area contributed by atoms with E-state index < -0.39 is 56.9 Å². The first kappa shape index (κ1) is 28.1. The minimum absolute atomic E-state index is 0.0451. The predicted molar refractivity (Wildman–Crippen MR) is 138 cm³/mol. The van der Waals surface area contributed by atoms with Gasteiger partial charge in [0, 0.05) is 28.6 Å². The smallest absolute Gasteiger partial charge is 0.349 e. The van der Waals surface area contributed by atoms with Crippen LogP contribution in [0.1, 0.15) is 33.0 Å². The zero-order valence-electron chi connectivity index (χ0n) is 19.5. The SMILES string of the molecule is [B]C(NC(=O)C(F)(F)c1ccc(Cl)cc1)c1ccc2c(c1)CN([C@]1([B])C(=O)NC(=O)C([B])([B])C1([B])[B])C2=O. The number of carbonyl (C=O) groups is 4. The van der Waals surface area contributed by atoms with Crippen LogP contribution in [0.15, 0.2) is 42.5 Å². The summed E-state index contributed by atoms with van der Waals surface area (Å²) in [5.74, 6) is -10.2. The Bertz CT molecular complexity index is 1380. The highest BCUT2D eigenvalue weighted by Crippen LogP contribution is 2.55. The average Bonchev–Trinajstić information content (AvgIpc) is 3.18. The van der Waals surface area contributed by atoms with E-state index in [1.807, 2.05) is 10.6 Å². The average molecular weight is 521 g/mol. The number of nitrogens with zero attached hydrogens (tertiary/aromatic N) is 1. The number of carbonyl (C=O) groups excluding carboxylic acids is 4. The molecular formula is C22H12B6ClF2N3O4. The number of nitrogens with one attached hydrogen (secondary N) is 2. The third-order valence-corrected chi connectivity index (χ3v) is 7.01. The van der Waals surface area contributed by atoms with Gasteiger partial charge in [0.25, 0.3) is 11.8 Å². The van der Waals surface area contributed by atoms with E-state index in [2.05, 4.69) is 0 Å². The highest BCUT2D eigenvalue weighted by molar-refractivity contribution is 6.66. The second-order valence-corrected chi connectivity index (χ2v) is 9.56. The van der Waals surface area contributed by atoms with Crippen LogP contribution in [0.3, 0.4) is 0 Å². The molecule has 0 aliphatic carbocycles. The molecule has 0 saturated carbocycles. The van der Waals surface area contributed by atoms with E-state index in [0.29, 0.717) is 0 Å². The summed E-state index contributed by atoms with van der Waals surface area (Å²) in [5.41, 5.74) is -2.73. The van der Waals surface area contributed by atoms with Gasteiger partial charge in [-0.15, -0.1) is 0 Å². The molecule has 1 unspecified atom stereocenters. The third-order valence-electron chi connectivity index (χ3n) is 6.76. The number of hydrogen-bond donors (Lipinski definition) is 2. The van der Waals surface area contributed by atoms with Crippen LogP contribution >= 0.6 is 11.6 Å². The van der Waals surface area contributed by atoms with Gasteiger partial charge in [-0.05, 0) is 34.5 Å². The maximum Gasteiger partial charge on any atom is 0.349 e. The second-order valence-electron chi connectivity index (χ2n) is 9.13. The number of benzene rings is 2. The topological polar surface area (TPSA) is 95.6 Å². The molecule has 0 aromatic heterocycles. The van der Waals surface area contributed by atoms with E-state index in [-0.39, 0.29) is 28.3 Å². The molecule has 2 aromatic rings. The highest BCUT2D eigenvalue weighted by atomic mass is 35.5. The lowest BCUT2D eigenvalue weighted by atomic mass is 9.21. The quantitative estimate of drug-likeness (QED) is 0.422. The molecule has 2 aliphatic heterocycles. The molecule has 38 heavy (non-hydrogen) atoms. The van der Waals surface area contributed by atoms with Gasteiger partial charge >= 0.3 is 5.92 Å². The van der Waals surface area contributed by atoms with Gasteiger partial charge in [-0.2, -0.15) is 8.78 Å². The summed E-state index contributed by atoms with van der Waals surface area (Å²) in [6, 6.07) is 8.39. The van der Waals surface area contributed by atoms with Crippen molar-refractivity contribution in [2.75, 3.05) is 0 Å². The van der Waals surface area contributed by atoms with Crippen molar-refractivity contribution in [3.05, 3.63) is 69.7 Å². The Morgan fingerprint density at radius 3 is 2.24 bits per heavy atom. The van der Waals surface area contributed by atoms with Gasteiger partial charge in [0.2, 0.25) is 11.8 Å².